The zero-order valence-electron chi connectivity index (χ0n) is 13.7. The summed E-state index contributed by atoms with van der Waals surface area (Å²) in [5, 5.41) is 0. The van der Waals surface area contributed by atoms with Crippen LogP contribution in [0.15, 0.2) is 80.6 Å². The van der Waals surface area contributed by atoms with Crippen molar-refractivity contribution in [3.63, 3.8) is 0 Å². The van der Waals surface area contributed by atoms with Crippen molar-refractivity contribution in [1.29, 1.82) is 0 Å². The molecule has 0 saturated heterocycles. The topological polar surface area (TPSA) is 64.4 Å². The van der Waals surface area contributed by atoms with Gasteiger partial charge >= 0.3 is 0 Å². The molecule has 26 heavy (non-hydrogen) atoms. The third-order valence-electron chi connectivity index (χ3n) is 4.18. The second-order valence-corrected chi connectivity index (χ2v) is 5.90. The Morgan fingerprint density at radius 3 is 1.65 bits per heavy atom. The van der Waals surface area contributed by atoms with E-state index < -0.39 is 0 Å². The van der Waals surface area contributed by atoms with E-state index in [1.54, 1.807) is 0 Å². The van der Waals surface area contributed by atoms with Gasteiger partial charge in [0.2, 0.25) is 11.8 Å². The molecule has 0 radical (unpaired) electrons. The van der Waals surface area contributed by atoms with Crippen molar-refractivity contribution in [3.05, 3.63) is 66.7 Å². The smallest absolute Gasteiger partial charge is 0.227 e. The molecular formula is C21H13N3O2. The highest BCUT2D eigenvalue weighted by Crippen LogP contribution is 2.33. The van der Waals surface area contributed by atoms with E-state index in [4.69, 9.17) is 8.83 Å². The Balaban J connectivity index is 1.69. The van der Waals surface area contributed by atoms with Crippen LogP contribution in [0.25, 0.3) is 45.1 Å². The average Bonchev–Trinajstić information content (AvgIpc) is 3.31. The minimum atomic E-state index is 0.522. The maximum atomic E-state index is 5.88. The van der Waals surface area contributed by atoms with Gasteiger partial charge in [-0.25, -0.2) is 9.97 Å². The van der Waals surface area contributed by atoms with Crippen molar-refractivity contribution in [1.82, 2.24) is 9.97 Å². The van der Waals surface area contributed by atoms with Crippen LogP contribution < -0.4 is 0 Å². The van der Waals surface area contributed by atoms with Crippen LogP contribution in [0.2, 0.25) is 0 Å². The number of nitrogens with zero attached hydrogens (tertiary/aromatic N) is 3. The lowest BCUT2D eigenvalue weighted by Gasteiger charge is -2.02. The fourth-order valence-corrected chi connectivity index (χ4v) is 2.94. The molecular weight excluding hydrogens is 326 g/mol. The lowest BCUT2D eigenvalue weighted by atomic mass is 10.1. The van der Waals surface area contributed by atoms with Crippen LogP contribution in [0.4, 0.5) is 5.69 Å². The predicted molar refractivity (Wildman–Crippen MR) is 102 cm³/mol. The Morgan fingerprint density at radius 1 is 0.692 bits per heavy atom. The van der Waals surface area contributed by atoms with Gasteiger partial charge in [-0.15, -0.1) is 0 Å². The molecule has 0 bridgehead atoms. The van der Waals surface area contributed by atoms with Gasteiger partial charge in [0, 0.05) is 11.1 Å². The molecule has 0 spiro atoms. The molecule has 0 atom stereocenters. The molecule has 0 amide bonds. The van der Waals surface area contributed by atoms with Crippen molar-refractivity contribution in [2.45, 2.75) is 0 Å². The molecule has 0 fully saturated rings. The van der Waals surface area contributed by atoms with Crippen LogP contribution in [0, 0.1) is 0 Å². The Kier molecular flexibility index (Phi) is 3.18. The zero-order valence-corrected chi connectivity index (χ0v) is 13.7. The minimum absolute atomic E-state index is 0.522. The van der Waals surface area contributed by atoms with Gasteiger partial charge < -0.3 is 8.83 Å². The molecule has 5 heteroatoms. The molecule has 0 aliphatic carbocycles. The van der Waals surface area contributed by atoms with E-state index in [-0.39, 0.29) is 0 Å². The van der Waals surface area contributed by atoms with Crippen molar-refractivity contribution in [2.75, 3.05) is 0 Å². The zero-order chi connectivity index (χ0) is 17.5. The largest absolute Gasteiger partial charge is 0.436 e. The molecule has 2 aromatic heterocycles. The molecule has 3 aromatic carbocycles. The standard InChI is InChI=1S/C21H13N3O2/c1-22-15-11-13(20-23-16-6-2-4-8-18(16)25-20)10-14(12-15)21-24-17-7-3-5-9-19(17)26-21/h2-12H,1H2. The second kappa shape index (κ2) is 5.67. The minimum Gasteiger partial charge on any atom is -0.436 e. The molecule has 5 nitrogen and oxygen atoms in total. The van der Waals surface area contributed by atoms with E-state index in [1.165, 1.54) is 0 Å². The highest BCUT2D eigenvalue weighted by Gasteiger charge is 2.14. The molecule has 5 aromatic rings. The van der Waals surface area contributed by atoms with E-state index >= 15 is 0 Å². The van der Waals surface area contributed by atoms with Crippen molar-refractivity contribution in [3.8, 4) is 22.9 Å². The van der Waals surface area contributed by atoms with Gasteiger partial charge in [0.1, 0.15) is 11.0 Å². The van der Waals surface area contributed by atoms with Gasteiger partial charge in [-0.2, -0.15) is 0 Å². The molecule has 0 aliphatic heterocycles. The van der Waals surface area contributed by atoms with Gasteiger partial charge in [-0.1, -0.05) is 24.3 Å². The van der Waals surface area contributed by atoms with E-state index in [0.29, 0.717) is 17.5 Å². The van der Waals surface area contributed by atoms with Crippen LogP contribution in [-0.4, -0.2) is 16.7 Å². The molecule has 0 saturated carbocycles. The Labute approximate surface area is 148 Å². The summed E-state index contributed by atoms with van der Waals surface area (Å²) in [6.07, 6.45) is 0. The van der Waals surface area contributed by atoms with Gasteiger partial charge in [0.25, 0.3) is 0 Å². The summed E-state index contributed by atoms with van der Waals surface area (Å²) in [4.78, 5) is 13.2. The van der Waals surface area contributed by atoms with Crippen molar-refractivity contribution >= 4 is 34.6 Å². The molecule has 124 valence electrons. The number of oxazole rings is 2. The third-order valence-corrected chi connectivity index (χ3v) is 4.18. The number of hydrogen-bond acceptors (Lipinski definition) is 5. The number of fused-ring (bicyclic) bond motifs is 2. The van der Waals surface area contributed by atoms with Crippen molar-refractivity contribution in [2.24, 2.45) is 4.99 Å². The SMILES string of the molecule is C=Nc1cc(-c2nc3ccccc3o2)cc(-c2nc3ccccc3o2)c1. The first kappa shape index (κ1) is 14.6. The van der Waals surface area contributed by atoms with Crippen molar-refractivity contribution < 1.29 is 8.83 Å². The van der Waals surface area contributed by atoms with E-state index in [9.17, 15) is 0 Å². The summed E-state index contributed by atoms with van der Waals surface area (Å²) >= 11 is 0. The summed E-state index contributed by atoms with van der Waals surface area (Å²) in [6, 6.07) is 21.0. The number of rotatable bonds is 3. The lowest BCUT2D eigenvalue weighted by Crippen LogP contribution is -1.82. The fraction of sp³-hybridized carbons (Fsp3) is 0. The van der Waals surface area contributed by atoms with Gasteiger partial charge in [-0.05, 0) is 49.2 Å². The molecule has 2 heterocycles. The number of aliphatic imine (C=N–C) groups is 1. The number of hydrogen-bond donors (Lipinski definition) is 0. The molecule has 0 N–H and O–H groups in total. The number of para-hydroxylation sites is 4. The Hall–Kier alpha value is -3.73. The summed E-state index contributed by atoms with van der Waals surface area (Å²) in [7, 11) is 0. The lowest BCUT2D eigenvalue weighted by molar-refractivity contribution is 0.617. The monoisotopic (exact) mass is 339 g/mol. The highest BCUT2D eigenvalue weighted by molar-refractivity contribution is 5.80. The second-order valence-electron chi connectivity index (χ2n) is 5.90. The first-order valence-electron chi connectivity index (χ1n) is 8.14. The molecule has 0 aliphatic rings. The van der Waals surface area contributed by atoms with E-state index in [0.717, 1.165) is 33.3 Å². The van der Waals surface area contributed by atoms with Gasteiger partial charge in [-0.3, -0.25) is 4.99 Å². The number of aromatic nitrogens is 2. The van der Waals surface area contributed by atoms with E-state index in [1.807, 2.05) is 66.7 Å². The first-order valence-corrected chi connectivity index (χ1v) is 8.14. The molecule has 0 unspecified atom stereocenters. The van der Waals surface area contributed by atoms with Crippen LogP contribution in [0.3, 0.4) is 0 Å². The summed E-state index contributed by atoms with van der Waals surface area (Å²) in [5.41, 5.74) is 5.38. The van der Waals surface area contributed by atoms with Crippen LogP contribution in [-0.2, 0) is 0 Å². The van der Waals surface area contributed by atoms with E-state index in [2.05, 4.69) is 21.7 Å². The van der Waals surface area contributed by atoms with Crippen LogP contribution >= 0.6 is 0 Å². The average molecular weight is 339 g/mol. The predicted octanol–water partition coefficient (Wildman–Crippen LogP) is 5.64. The number of benzene rings is 3. The maximum Gasteiger partial charge on any atom is 0.227 e. The normalized spacial score (nSPS) is 11.2. The summed E-state index contributed by atoms with van der Waals surface area (Å²) < 4.78 is 11.8. The first-order chi connectivity index (χ1) is 12.8. The molecule has 5 rings (SSSR count). The Bertz CT molecular complexity index is 1110. The van der Waals surface area contributed by atoms with Gasteiger partial charge in [0.15, 0.2) is 11.2 Å². The van der Waals surface area contributed by atoms with Crippen LogP contribution in [0.5, 0.6) is 0 Å². The summed E-state index contributed by atoms with van der Waals surface area (Å²) in [6.45, 7) is 3.63. The quantitative estimate of drug-likeness (QED) is 0.399. The van der Waals surface area contributed by atoms with Crippen LogP contribution in [0.1, 0.15) is 0 Å². The fourth-order valence-electron chi connectivity index (χ4n) is 2.94. The summed E-state index contributed by atoms with van der Waals surface area (Å²) in [5.74, 6) is 1.04. The third kappa shape index (κ3) is 2.38. The Morgan fingerprint density at radius 2 is 1.19 bits per heavy atom. The maximum absolute atomic E-state index is 5.88. The van der Waals surface area contributed by atoms with Gasteiger partial charge in [0.05, 0.1) is 5.69 Å². The highest BCUT2D eigenvalue weighted by atomic mass is 16.4.